The van der Waals surface area contributed by atoms with E-state index in [1.54, 1.807) is 7.05 Å². The second-order valence-electron chi connectivity index (χ2n) is 3.53. The molecular formula is C10H20N6S3. The first-order valence-electron chi connectivity index (χ1n) is 5.72. The summed E-state index contributed by atoms with van der Waals surface area (Å²) in [5, 5.41) is 14.9. The van der Waals surface area contributed by atoms with E-state index >= 15 is 0 Å². The maximum atomic E-state index is 5.06. The smallest absolute Gasteiger partial charge is 0.186 e. The van der Waals surface area contributed by atoms with Crippen molar-refractivity contribution < 1.29 is 0 Å². The lowest BCUT2D eigenvalue weighted by molar-refractivity contribution is 0.824. The standard InChI is InChI=1S/C10H20N6S3/c1-7(13-15-9(18)11-3)8(2)14-16-10(19)12-5-4-6-17/h17H,4-6H2,1-3H3,(H2,11,15,18)(H2,12,16,19)/b13-7+,14-8+. The van der Waals surface area contributed by atoms with Gasteiger partial charge in [-0.25, -0.2) is 0 Å². The number of nitrogens with zero attached hydrogens (tertiary/aromatic N) is 2. The predicted molar refractivity (Wildman–Crippen MR) is 93.2 cm³/mol. The maximum absolute atomic E-state index is 5.06. The Bertz CT molecular complexity index is 366. The van der Waals surface area contributed by atoms with Crippen LogP contribution in [0, 0.1) is 0 Å². The van der Waals surface area contributed by atoms with Crippen LogP contribution in [0.3, 0.4) is 0 Å². The highest BCUT2D eigenvalue weighted by Gasteiger charge is 1.98. The molecule has 0 aromatic rings. The molecule has 0 unspecified atom stereocenters. The van der Waals surface area contributed by atoms with Crippen molar-refractivity contribution in [2.24, 2.45) is 10.2 Å². The Balaban J connectivity index is 4.17. The minimum atomic E-state index is 0.448. The lowest BCUT2D eigenvalue weighted by atomic mass is 10.3. The maximum Gasteiger partial charge on any atom is 0.186 e. The molecule has 0 aromatic carbocycles. The average Bonchev–Trinajstić information content (AvgIpc) is 2.41. The number of thiocarbonyl (C=S) groups is 2. The molecule has 0 aliphatic rings. The van der Waals surface area contributed by atoms with E-state index < -0.39 is 0 Å². The summed E-state index contributed by atoms with van der Waals surface area (Å²) in [5.74, 6) is 0.820. The van der Waals surface area contributed by atoms with Gasteiger partial charge in [0, 0.05) is 13.6 Å². The van der Waals surface area contributed by atoms with Crippen LogP contribution in [0.1, 0.15) is 20.3 Å². The van der Waals surface area contributed by atoms with Crippen molar-refractivity contribution in [2.45, 2.75) is 20.3 Å². The minimum Gasteiger partial charge on any atom is -0.364 e. The Morgan fingerprint density at radius 1 is 1.05 bits per heavy atom. The molecule has 0 atom stereocenters. The molecule has 0 fully saturated rings. The van der Waals surface area contributed by atoms with Crippen molar-refractivity contribution >= 4 is 58.7 Å². The molecular weight excluding hydrogens is 300 g/mol. The second-order valence-corrected chi connectivity index (χ2v) is 4.79. The molecule has 0 aliphatic heterocycles. The summed E-state index contributed by atoms with van der Waals surface area (Å²) in [7, 11) is 1.72. The van der Waals surface area contributed by atoms with Gasteiger partial charge in [0.15, 0.2) is 10.2 Å². The van der Waals surface area contributed by atoms with Gasteiger partial charge in [-0.1, -0.05) is 0 Å². The monoisotopic (exact) mass is 320 g/mol. The second kappa shape index (κ2) is 10.9. The minimum absolute atomic E-state index is 0.448. The molecule has 0 spiro atoms. The summed E-state index contributed by atoms with van der Waals surface area (Å²) in [4.78, 5) is 0. The molecule has 108 valence electrons. The van der Waals surface area contributed by atoms with E-state index in [0.29, 0.717) is 21.6 Å². The highest BCUT2D eigenvalue weighted by molar-refractivity contribution is 7.80. The van der Waals surface area contributed by atoms with Gasteiger partial charge in [0.25, 0.3) is 0 Å². The molecule has 19 heavy (non-hydrogen) atoms. The zero-order valence-electron chi connectivity index (χ0n) is 11.3. The number of hydrazone groups is 2. The zero-order chi connectivity index (χ0) is 14.7. The molecule has 0 saturated carbocycles. The highest BCUT2D eigenvalue weighted by Crippen LogP contribution is 1.84. The first-order valence-corrected chi connectivity index (χ1v) is 7.17. The third-order valence-electron chi connectivity index (χ3n) is 2.02. The van der Waals surface area contributed by atoms with Gasteiger partial charge in [0.05, 0.1) is 11.4 Å². The van der Waals surface area contributed by atoms with Gasteiger partial charge < -0.3 is 10.6 Å². The van der Waals surface area contributed by atoms with Gasteiger partial charge in [0.1, 0.15) is 0 Å². The SMILES string of the molecule is CNC(=S)N/N=C(C)/C(C)=N/NC(=S)NCCCS. The van der Waals surface area contributed by atoms with Crippen molar-refractivity contribution in [3.8, 4) is 0 Å². The molecule has 0 bridgehead atoms. The molecule has 0 aromatic heterocycles. The van der Waals surface area contributed by atoms with E-state index in [4.69, 9.17) is 24.4 Å². The van der Waals surface area contributed by atoms with E-state index in [2.05, 4.69) is 44.3 Å². The van der Waals surface area contributed by atoms with Gasteiger partial charge in [-0.2, -0.15) is 22.8 Å². The summed E-state index contributed by atoms with van der Waals surface area (Å²) < 4.78 is 0. The fraction of sp³-hybridized carbons (Fsp3) is 0.600. The normalized spacial score (nSPS) is 11.8. The van der Waals surface area contributed by atoms with Crippen LogP contribution in [0.5, 0.6) is 0 Å². The Labute approximate surface area is 130 Å². The van der Waals surface area contributed by atoms with Crippen LogP contribution >= 0.6 is 37.1 Å². The van der Waals surface area contributed by atoms with Crippen LogP contribution in [-0.2, 0) is 0 Å². The van der Waals surface area contributed by atoms with E-state index in [0.717, 1.165) is 18.7 Å². The van der Waals surface area contributed by atoms with Crippen LogP contribution in [0.2, 0.25) is 0 Å². The Morgan fingerprint density at radius 3 is 2.05 bits per heavy atom. The largest absolute Gasteiger partial charge is 0.364 e. The molecule has 4 N–H and O–H groups in total. The van der Waals surface area contributed by atoms with Crippen LogP contribution in [0.25, 0.3) is 0 Å². The summed E-state index contributed by atoms with van der Waals surface area (Å²) in [6.07, 6.45) is 0.944. The van der Waals surface area contributed by atoms with Gasteiger partial charge in [-0.3, -0.25) is 10.9 Å². The van der Waals surface area contributed by atoms with Crippen LogP contribution in [0.4, 0.5) is 0 Å². The molecule has 0 radical (unpaired) electrons. The molecule has 0 rings (SSSR count). The highest BCUT2D eigenvalue weighted by atomic mass is 32.1. The van der Waals surface area contributed by atoms with Gasteiger partial charge in [-0.05, 0) is 50.5 Å². The van der Waals surface area contributed by atoms with Crippen LogP contribution in [0.15, 0.2) is 10.2 Å². The van der Waals surface area contributed by atoms with Crippen molar-refractivity contribution in [1.82, 2.24) is 21.5 Å². The van der Waals surface area contributed by atoms with E-state index in [1.165, 1.54) is 0 Å². The fourth-order valence-electron chi connectivity index (χ4n) is 0.807. The summed E-state index contributed by atoms with van der Waals surface area (Å²) >= 11 is 14.1. The summed E-state index contributed by atoms with van der Waals surface area (Å²) in [6, 6.07) is 0. The molecule has 0 aliphatic carbocycles. The molecule has 0 heterocycles. The summed E-state index contributed by atoms with van der Waals surface area (Å²) in [6.45, 7) is 4.42. The Hall–Kier alpha value is -0.930. The van der Waals surface area contributed by atoms with Gasteiger partial charge >= 0.3 is 0 Å². The fourth-order valence-corrected chi connectivity index (χ4v) is 1.16. The van der Waals surface area contributed by atoms with Crippen molar-refractivity contribution in [3.05, 3.63) is 0 Å². The molecule has 9 heteroatoms. The van der Waals surface area contributed by atoms with Gasteiger partial charge in [-0.15, -0.1) is 0 Å². The van der Waals surface area contributed by atoms with E-state index in [-0.39, 0.29) is 0 Å². The van der Waals surface area contributed by atoms with Crippen LogP contribution < -0.4 is 21.5 Å². The summed E-state index contributed by atoms with van der Waals surface area (Å²) in [5.41, 5.74) is 6.86. The van der Waals surface area contributed by atoms with E-state index in [1.807, 2.05) is 13.8 Å². The molecule has 0 amide bonds. The van der Waals surface area contributed by atoms with Crippen LogP contribution in [-0.4, -0.2) is 41.0 Å². The van der Waals surface area contributed by atoms with Crippen molar-refractivity contribution in [3.63, 3.8) is 0 Å². The molecule has 6 nitrogen and oxygen atoms in total. The quantitative estimate of drug-likeness (QED) is 0.162. The number of rotatable bonds is 6. The van der Waals surface area contributed by atoms with Gasteiger partial charge in [0.2, 0.25) is 0 Å². The van der Waals surface area contributed by atoms with Crippen molar-refractivity contribution in [1.29, 1.82) is 0 Å². The average molecular weight is 321 g/mol. The first-order chi connectivity index (χ1) is 9.01. The molecule has 0 saturated heterocycles. The lowest BCUT2D eigenvalue weighted by Crippen LogP contribution is -2.34. The zero-order valence-corrected chi connectivity index (χ0v) is 13.8. The number of hydrogen-bond acceptors (Lipinski definition) is 5. The number of hydrogen-bond donors (Lipinski definition) is 5. The third kappa shape index (κ3) is 9.62. The topological polar surface area (TPSA) is 72.8 Å². The Kier molecular flexibility index (Phi) is 10.4. The third-order valence-corrected chi connectivity index (χ3v) is 2.87. The predicted octanol–water partition coefficient (Wildman–Crippen LogP) is 0.616. The first kappa shape index (κ1) is 18.1. The number of nitrogens with one attached hydrogen (secondary N) is 4. The lowest BCUT2D eigenvalue weighted by Gasteiger charge is -2.07. The van der Waals surface area contributed by atoms with E-state index in [9.17, 15) is 0 Å². The van der Waals surface area contributed by atoms with Crippen molar-refractivity contribution in [2.75, 3.05) is 19.3 Å². The number of thiol groups is 1. The Morgan fingerprint density at radius 2 is 1.58 bits per heavy atom.